The van der Waals surface area contributed by atoms with Crippen LogP contribution in [-0.4, -0.2) is 78.2 Å². The van der Waals surface area contributed by atoms with E-state index in [2.05, 4.69) is 16.7 Å². The van der Waals surface area contributed by atoms with Gasteiger partial charge in [0, 0.05) is 31.1 Å². The molecule has 2 aromatic heterocycles. The Morgan fingerprint density at radius 3 is 2.68 bits per heavy atom. The minimum Gasteiger partial charge on any atom is -0.378 e. The topological polar surface area (TPSA) is 61.8 Å². The standard InChI is InChI=1S/C26H37N5O2S/c1-18-7-10-29(11-8-18)17-22-27-24(23-20-5-2-6-21(20)34-25(23)28-22)31-9-3-4-19(16-31)26(32)30-12-14-33-15-13-30/h18-19H,2-17H2,1H3. The molecule has 1 amide bonds. The molecule has 7 nitrogen and oxygen atoms in total. The lowest BCUT2D eigenvalue weighted by molar-refractivity contribution is -0.139. The monoisotopic (exact) mass is 483 g/mol. The smallest absolute Gasteiger partial charge is 0.227 e. The van der Waals surface area contributed by atoms with Crippen molar-refractivity contribution in [2.24, 2.45) is 11.8 Å². The summed E-state index contributed by atoms with van der Waals surface area (Å²) in [6, 6.07) is 0. The molecule has 8 heteroatoms. The van der Waals surface area contributed by atoms with Crippen LogP contribution in [0.1, 0.15) is 55.3 Å². The predicted molar refractivity (Wildman–Crippen MR) is 135 cm³/mol. The van der Waals surface area contributed by atoms with Gasteiger partial charge in [0.15, 0.2) is 0 Å². The Kier molecular flexibility index (Phi) is 6.47. The van der Waals surface area contributed by atoms with Crippen molar-refractivity contribution in [1.29, 1.82) is 0 Å². The summed E-state index contributed by atoms with van der Waals surface area (Å²) in [5.41, 5.74) is 1.48. The summed E-state index contributed by atoms with van der Waals surface area (Å²) in [7, 11) is 0. The number of rotatable bonds is 4. The van der Waals surface area contributed by atoms with Gasteiger partial charge in [-0.3, -0.25) is 9.69 Å². The van der Waals surface area contributed by atoms with Crippen LogP contribution in [0.4, 0.5) is 5.82 Å². The first kappa shape index (κ1) is 22.7. The third-order valence-corrected chi connectivity index (χ3v) is 9.41. The number of aromatic nitrogens is 2. The molecule has 0 N–H and O–H groups in total. The minimum atomic E-state index is 0.0515. The number of hydrogen-bond donors (Lipinski definition) is 0. The maximum absolute atomic E-state index is 13.3. The van der Waals surface area contributed by atoms with Gasteiger partial charge in [-0.15, -0.1) is 11.3 Å². The maximum atomic E-state index is 13.3. The van der Waals surface area contributed by atoms with Gasteiger partial charge in [-0.2, -0.15) is 0 Å². The van der Waals surface area contributed by atoms with Crippen LogP contribution in [-0.2, 0) is 28.9 Å². The first-order valence-corrected chi connectivity index (χ1v) is 14.1. The molecule has 6 rings (SSSR count). The van der Waals surface area contributed by atoms with Gasteiger partial charge in [-0.1, -0.05) is 6.92 Å². The molecule has 3 fully saturated rings. The predicted octanol–water partition coefficient (Wildman–Crippen LogP) is 3.49. The molecule has 4 aliphatic rings. The number of carbonyl (C=O) groups is 1. The van der Waals surface area contributed by atoms with Crippen LogP contribution >= 0.6 is 11.3 Å². The number of piperidine rings is 2. The van der Waals surface area contributed by atoms with Crippen molar-refractivity contribution in [2.75, 3.05) is 57.4 Å². The number of nitrogens with zero attached hydrogens (tertiary/aromatic N) is 5. The second-order valence-electron chi connectivity index (χ2n) is 10.7. The van der Waals surface area contributed by atoms with Crippen molar-refractivity contribution >= 4 is 33.3 Å². The molecule has 0 aromatic carbocycles. The van der Waals surface area contributed by atoms with Gasteiger partial charge < -0.3 is 14.5 Å². The summed E-state index contributed by atoms with van der Waals surface area (Å²) in [4.78, 5) is 33.2. The summed E-state index contributed by atoms with van der Waals surface area (Å²) in [6.07, 6.45) is 8.09. The number of fused-ring (bicyclic) bond motifs is 3. The average Bonchev–Trinajstić information content (AvgIpc) is 3.46. The highest BCUT2D eigenvalue weighted by Gasteiger charge is 2.33. The molecular formula is C26H37N5O2S. The molecule has 1 unspecified atom stereocenters. The number of thiophene rings is 1. The second-order valence-corrected chi connectivity index (χ2v) is 11.8. The van der Waals surface area contributed by atoms with E-state index in [1.165, 1.54) is 41.5 Å². The van der Waals surface area contributed by atoms with Gasteiger partial charge in [-0.05, 0) is 69.5 Å². The van der Waals surface area contributed by atoms with Crippen molar-refractivity contribution in [3.63, 3.8) is 0 Å². The Morgan fingerprint density at radius 2 is 1.85 bits per heavy atom. The van der Waals surface area contributed by atoms with E-state index in [9.17, 15) is 4.79 Å². The normalized spacial score (nSPS) is 24.7. The lowest BCUT2D eigenvalue weighted by atomic mass is 9.96. The second kappa shape index (κ2) is 9.70. The number of carbonyl (C=O) groups excluding carboxylic acids is 1. The van der Waals surface area contributed by atoms with Crippen LogP contribution in [0.5, 0.6) is 0 Å². The first-order chi connectivity index (χ1) is 16.7. The van der Waals surface area contributed by atoms with Gasteiger partial charge in [0.25, 0.3) is 0 Å². The molecule has 34 heavy (non-hydrogen) atoms. The molecule has 0 bridgehead atoms. The Bertz CT molecular complexity index is 1040. The quantitative estimate of drug-likeness (QED) is 0.664. The molecule has 0 saturated carbocycles. The molecular weight excluding hydrogens is 446 g/mol. The van der Waals surface area contributed by atoms with Crippen molar-refractivity contribution in [3.8, 4) is 0 Å². The lowest BCUT2D eigenvalue weighted by Gasteiger charge is -2.37. The van der Waals surface area contributed by atoms with E-state index < -0.39 is 0 Å². The third kappa shape index (κ3) is 4.44. The highest BCUT2D eigenvalue weighted by atomic mass is 32.1. The number of aryl methyl sites for hydroxylation is 2. The summed E-state index contributed by atoms with van der Waals surface area (Å²) >= 11 is 1.89. The zero-order valence-electron chi connectivity index (χ0n) is 20.4. The average molecular weight is 484 g/mol. The largest absolute Gasteiger partial charge is 0.378 e. The van der Waals surface area contributed by atoms with Crippen molar-refractivity contribution in [3.05, 3.63) is 16.3 Å². The summed E-state index contributed by atoms with van der Waals surface area (Å²) in [6.45, 7) is 9.99. The summed E-state index contributed by atoms with van der Waals surface area (Å²) in [5, 5.41) is 1.29. The van der Waals surface area contributed by atoms with E-state index in [4.69, 9.17) is 14.7 Å². The van der Waals surface area contributed by atoms with Crippen molar-refractivity contribution < 1.29 is 9.53 Å². The first-order valence-electron chi connectivity index (χ1n) is 13.3. The number of anilines is 1. The lowest BCUT2D eigenvalue weighted by Crippen LogP contribution is -2.48. The number of ether oxygens (including phenoxy) is 1. The van der Waals surface area contributed by atoms with E-state index in [1.54, 1.807) is 0 Å². The highest BCUT2D eigenvalue weighted by Crippen LogP contribution is 2.41. The van der Waals surface area contributed by atoms with Crippen molar-refractivity contribution in [1.82, 2.24) is 19.8 Å². The van der Waals surface area contributed by atoms with Gasteiger partial charge in [-0.25, -0.2) is 9.97 Å². The van der Waals surface area contributed by atoms with Gasteiger partial charge in [0.1, 0.15) is 16.5 Å². The Hall–Kier alpha value is -1.77. The molecule has 5 heterocycles. The molecule has 2 aromatic rings. The van der Waals surface area contributed by atoms with E-state index in [0.29, 0.717) is 19.1 Å². The van der Waals surface area contributed by atoms with Crippen LogP contribution in [0, 0.1) is 11.8 Å². The fourth-order valence-electron chi connectivity index (χ4n) is 6.15. The molecule has 1 aliphatic carbocycles. The number of hydrogen-bond acceptors (Lipinski definition) is 7. The van der Waals surface area contributed by atoms with E-state index in [0.717, 1.165) is 87.5 Å². The van der Waals surface area contributed by atoms with E-state index in [-0.39, 0.29) is 5.92 Å². The van der Waals surface area contributed by atoms with Gasteiger partial charge in [0.2, 0.25) is 5.91 Å². The van der Waals surface area contributed by atoms with E-state index >= 15 is 0 Å². The van der Waals surface area contributed by atoms with Crippen molar-refractivity contribution in [2.45, 2.75) is 58.4 Å². The maximum Gasteiger partial charge on any atom is 0.227 e. The molecule has 1 atom stereocenters. The van der Waals surface area contributed by atoms with Crippen LogP contribution in [0.3, 0.4) is 0 Å². The Morgan fingerprint density at radius 1 is 1.03 bits per heavy atom. The minimum absolute atomic E-state index is 0.0515. The zero-order chi connectivity index (χ0) is 23.1. The SMILES string of the molecule is CC1CCN(Cc2nc(N3CCCC(C(=O)N4CCOCC4)C3)c3c4c(sc3n2)CCC4)CC1. The Balaban J connectivity index is 1.29. The molecule has 184 valence electrons. The molecule has 3 saturated heterocycles. The fourth-order valence-corrected chi connectivity index (χ4v) is 7.43. The molecule has 0 spiro atoms. The zero-order valence-corrected chi connectivity index (χ0v) is 21.2. The van der Waals surface area contributed by atoms with Crippen LogP contribution < -0.4 is 4.90 Å². The van der Waals surface area contributed by atoms with Crippen LogP contribution in [0.15, 0.2) is 0 Å². The fraction of sp³-hybridized carbons (Fsp3) is 0.731. The summed E-state index contributed by atoms with van der Waals surface area (Å²) < 4.78 is 5.47. The highest BCUT2D eigenvalue weighted by molar-refractivity contribution is 7.19. The van der Waals surface area contributed by atoms with Crippen LogP contribution in [0.2, 0.25) is 0 Å². The van der Waals surface area contributed by atoms with Crippen LogP contribution in [0.25, 0.3) is 10.2 Å². The number of morpholine rings is 1. The van der Waals surface area contributed by atoms with E-state index in [1.807, 2.05) is 16.2 Å². The molecule has 0 radical (unpaired) electrons. The Labute approximate surface area is 206 Å². The number of amides is 1. The number of likely N-dealkylation sites (tertiary alicyclic amines) is 1. The summed E-state index contributed by atoms with van der Waals surface area (Å²) in [5.74, 6) is 3.24. The molecule has 3 aliphatic heterocycles. The third-order valence-electron chi connectivity index (χ3n) is 8.23. The van der Waals surface area contributed by atoms with Gasteiger partial charge in [0.05, 0.1) is 31.1 Å². The van der Waals surface area contributed by atoms with Gasteiger partial charge >= 0.3 is 0 Å².